The van der Waals surface area contributed by atoms with Gasteiger partial charge in [-0.3, -0.25) is 0 Å². The molecule has 0 bridgehead atoms. The van der Waals surface area contributed by atoms with E-state index in [0.29, 0.717) is 12.5 Å². The zero-order chi connectivity index (χ0) is 12.8. The molecule has 0 saturated heterocycles. The van der Waals surface area contributed by atoms with Crippen LogP contribution >= 0.6 is 0 Å². The van der Waals surface area contributed by atoms with Gasteiger partial charge in [0.15, 0.2) is 0 Å². The van der Waals surface area contributed by atoms with Gasteiger partial charge in [0.25, 0.3) is 0 Å². The molecule has 1 aromatic heterocycles. The maximum atomic E-state index is 5.74. The fourth-order valence-electron chi connectivity index (χ4n) is 1.82. The van der Waals surface area contributed by atoms with Crippen LogP contribution in [-0.4, -0.2) is 27.8 Å². The van der Waals surface area contributed by atoms with Crippen LogP contribution in [0.1, 0.15) is 26.2 Å². The van der Waals surface area contributed by atoms with Crippen molar-refractivity contribution >= 4 is 17.0 Å². The largest absolute Gasteiger partial charge is 0.349 e. The molecule has 5 heteroatoms. The Morgan fingerprint density at radius 1 is 1.22 bits per heavy atom. The zero-order valence-electron chi connectivity index (χ0n) is 10.6. The average molecular weight is 245 g/mol. The SMILES string of the molecule is CCCCC(CN)Nc1nnc2ccccc2n1. The molecule has 0 radical (unpaired) electrons. The number of unbranched alkanes of at least 4 members (excludes halogenated alkanes) is 1. The summed E-state index contributed by atoms with van der Waals surface area (Å²) in [4.78, 5) is 4.43. The summed E-state index contributed by atoms with van der Waals surface area (Å²) < 4.78 is 0. The quantitative estimate of drug-likeness (QED) is 0.813. The highest BCUT2D eigenvalue weighted by Gasteiger charge is 2.08. The Bertz CT molecular complexity index is 499. The number of nitrogens with zero attached hydrogens (tertiary/aromatic N) is 3. The van der Waals surface area contributed by atoms with Crippen LogP contribution in [0.4, 0.5) is 5.95 Å². The number of benzene rings is 1. The maximum absolute atomic E-state index is 5.74. The molecule has 0 saturated carbocycles. The Morgan fingerprint density at radius 2 is 2.00 bits per heavy atom. The lowest BCUT2D eigenvalue weighted by molar-refractivity contribution is 0.609. The van der Waals surface area contributed by atoms with Gasteiger partial charge in [-0.1, -0.05) is 31.9 Å². The van der Waals surface area contributed by atoms with Gasteiger partial charge >= 0.3 is 0 Å². The molecule has 0 spiro atoms. The third-order valence-corrected chi connectivity index (χ3v) is 2.88. The van der Waals surface area contributed by atoms with Gasteiger partial charge in [-0.25, -0.2) is 4.98 Å². The predicted molar refractivity (Wildman–Crippen MR) is 73.3 cm³/mol. The first-order valence-electron chi connectivity index (χ1n) is 6.39. The van der Waals surface area contributed by atoms with Gasteiger partial charge in [0.1, 0.15) is 5.52 Å². The second-order valence-corrected chi connectivity index (χ2v) is 4.34. The predicted octanol–water partition coefficient (Wildman–Crippen LogP) is 1.95. The average Bonchev–Trinajstić information content (AvgIpc) is 2.43. The molecule has 2 aromatic rings. The third-order valence-electron chi connectivity index (χ3n) is 2.88. The summed E-state index contributed by atoms with van der Waals surface area (Å²) in [5.74, 6) is 0.556. The highest BCUT2D eigenvalue weighted by molar-refractivity contribution is 5.74. The summed E-state index contributed by atoms with van der Waals surface area (Å²) in [5.41, 5.74) is 7.39. The van der Waals surface area contributed by atoms with Crippen molar-refractivity contribution in [2.75, 3.05) is 11.9 Å². The van der Waals surface area contributed by atoms with Crippen LogP contribution in [0, 0.1) is 0 Å². The van der Waals surface area contributed by atoms with Crippen molar-refractivity contribution in [1.82, 2.24) is 15.2 Å². The number of nitrogens with one attached hydrogen (secondary N) is 1. The second-order valence-electron chi connectivity index (χ2n) is 4.34. The Labute approximate surface area is 107 Å². The van der Waals surface area contributed by atoms with Gasteiger partial charge < -0.3 is 11.1 Å². The summed E-state index contributed by atoms with van der Waals surface area (Å²) >= 11 is 0. The van der Waals surface area contributed by atoms with Crippen LogP contribution in [0.15, 0.2) is 24.3 Å². The number of fused-ring (bicyclic) bond motifs is 1. The van der Waals surface area contributed by atoms with Crippen molar-refractivity contribution in [3.05, 3.63) is 24.3 Å². The first-order valence-corrected chi connectivity index (χ1v) is 6.39. The Kier molecular flexibility index (Phi) is 4.41. The van der Waals surface area contributed by atoms with E-state index in [1.807, 2.05) is 24.3 Å². The van der Waals surface area contributed by atoms with Gasteiger partial charge in [0, 0.05) is 12.6 Å². The minimum atomic E-state index is 0.216. The van der Waals surface area contributed by atoms with Gasteiger partial charge in [0.2, 0.25) is 5.95 Å². The van der Waals surface area contributed by atoms with E-state index in [0.717, 1.165) is 30.3 Å². The van der Waals surface area contributed by atoms with Crippen molar-refractivity contribution < 1.29 is 0 Å². The molecular weight excluding hydrogens is 226 g/mol. The van der Waals surface area contributed by atoms with Crippen molar-refractivity contribution in [3.63, 3.8) is 0 Å². The van der Waals surface area contributed by atoms with E-state index in [1.54, 1.807) is 0 Å². The lowest BCUT2D eigenvalue weighted by atomic mass is 10.1. The van der Waals surface area contributed by atoms with Crippen LogP contribution < -0.4 is 11.1 Å². The normalized spacial score (nSPS) is 12.6. The van der Waals surface area contributed by atoms with E-state index in [2.05, 4.69) is 27.4 Å². The second kappa shape index (κ2) is 6.26. The van der Waals surface area contributed by atoms with Crippen LogP contribution in [0.2, 0.25) is 0 Å². The first kappa shape index (κ1) is 12.7. The number of rotatable bonds is 6. The van der Waals surface area contributed by atoms with E-state index in [-0.39, 0.29) is 6.04 Å². The molecule has 1 heterocycles. The molecule has 3 N–H and O–H groups in total. The summed E-state index contributed by atoms with van der Waals surface area (Å²) in [6, 6.07) is 7.91. The fourth-order valence-corrected chi connectivity index (χ4v) is 1.82. The minimum absolute atomic E-state index is 0.216. The zero-order valence-corrected chi connectivity index (χ0v) is 10.6. The molecule has 0 aliphatic rings. The molecule has 0 aliphatic heterocycles. The lowest BCUT2D eigenvalue weighted by Crippen LogP contribution is -2.29. The summed E-state index contributed by atoms with van der Waals surface area (Å²) in [5, 5.41) is 11.5. The van der Waals surface area contributed by atoms with E-state index < -0.39 is 0 Å². The molecule has 1 atom stereocenters. The minimum Gasteiger partial charge on any atom is -0.349 e. The standard InChI is InChI=1S/C13H19N5/c1-2-3-6-10(9-14)15-13-16-11-7-4-5-8-12(11)17-18-13/h4-5,7-8,10H,2-3,6,9,14H2,1H3,(H,15,16,18). The number of hydrogen-bond donors (Lipinski definition) is 2. The Hall–Kier alpha value is -1.75. The molecule has 96 valence electrons. The van der Waals surface area contributed by atoms with Crippen molar-refractivity contribution in [2.24, 2.45) is 5.73 Å². The van der Waals surface area contributed by atoms with E-state index in [9.17, 15) is 0 Å². The molecule has 2 rings (SSSR count). The summed E-state index contributed by atoms with van der Waals surface area (Å²) in [6.07, 6.45) is 3.34. The number of nitrogens with two attached hydrogens (primary N) is 1. The summed E-state index contributed by atoms with van der Waals surface area (Å²) in [6.45, 7) is 2.75. The Morgan fingerprint density at radius 3 is 2.72 bits per heavy atom. The van der Waals surface area contributed by atoms with E-state index >= 15 is 0 Å². The maximum Gasteiger partial charge on any atom is 0.243 e. The van der Waals surface area contributed by atoms with Gasteiger partial charge in [-0.05, 0) is 18.6 Å². The first-order chi connectivity index (χ1) is 8.83. The topological polar surface area (TPSA) is 76.7 Å². The van der Waals surface area contributed by atoms with Crippen LogP contribution in [-0.2, 0) is 0 Å². The van der Waals surface area contributed by atoms with E-state index in [1.165, 1.54) is 0 Å². The lowest BCUT2D eigenvalue weighted by Gasteiger charge is -2.15. The van der Waals surface area contributed by atoms with Gasteiger partial charge in [0.05, 0.1) is 5.52 Å². The third kappa shape index (κ3) is 3.13. The molecule has 0 amide bonds. The molecule has 0 fully saturated rings. The number of hydrogen-bond acceptors (Lipinski definition) is 5. The Balaban J connectivity index is 2.10. The van der Waals surface area contributed by atoms with Gasteiger partial charge in [-0.2, -0.15) is 0 Å². The van der Waals surface area contributed by atoms with Crippen molar-refractivity contribution in [3.8, 4) is 0 Å². The van der Waals surface area contributed by atoms with Crippen molar-refractivity contribution in [2.45, 2.75) is 32.2 Å². The summed E-state index contributed by atoms with van der Waals surface area (Å²) in [7, 11) is 0. The van der Waals surface area contributed by atoms with Crippen molar-refractivity contribution in [1.29, 1.82) is 0 Å². The smallest absolute Gasteiger partial charge is 0.243 e. The van der Waals surface area contributed by atoms with Gasteiger partial charge in [-0.15, -0.1) is 10.2 Å². The van der Waals surface area contributed by atoms with E-state index in [4.69, 9.17) is 5.73 Å². The molecule has 18 heavy (non-hydrogen) atoms. The molecule has 1 unspecified atom stereocenters. The molecule has 0 aliphatic carbocycles. The monoisotopic (exact) mass is 245 g/mol. The highest BCUT2D eigenvalue weighted by Crippen LogP contribution is 2.10. The number of para-hydroxylation sites is 1. The fraction of sp³-hybridized carbons (Fsp3) is 0.462. The number of anilines is 1. The molecule has 5 nitrogen and oxygen atoms in total. The van der Waals surface area contributed by atoms with Crippen LogP contribution in [0.5, 0.6) is 0 Å². The van der Waals surface area contributed by atoms with Crippen LogP contribution in [0.3, 0.4) is 0 Å². The highest BCUT2D eigenvalue weighted by atomic mass is 15.2. The number of aromatic nitrogens is 3. The van der Waals surface area contributed by atoms with Crippen LogP contribution in [0.25, 0.3) is 11.0 Å². The molecular formula is C13H19N5. The molecule has 1 aromatic carbocycles.